The molecule has 158 valence electrons. The number of amides is 2. The third kappa shape index (κ3) is 4.48. The van der Waals surface area contributed by atoms with Gasteiger partial charge < -0.3 is 25.6 Å². The van der Waals surface area contributed by atoms with Gasteiger partial charge in [0.15, 0.2) is 0 Å². The van der Waals surface area contributed by atoms with E-state index in [-0.39, 0.29) is 17.7 Å². The quantitative estimate of drug-likeness (QED) is 0.650. The fourth-order valence-electron chi connectivity index (χ4n) is 3.16. The number of anilines is 3. The van der Waals surface area contributed by atoms with E-state index < -0.39 is 6.36 Å². The van der Waals surface area contributed by atoms with Gasteiger partial charge in [-0.15, -0.1) is 24.5 Å². The standard InChI is InChI=1S/C18H17F3N6O2S/c19-18(20,21)29-12-3-1-11(2-4-12)23-17(28)27-8-6-26(7-9-27)14-13-5-10-30-15(13)25-16(22)24-14/h1-5,10H,6-9H2,(H,23,28)(H2,22,24,25). The average Bonchev–Trinajstić information content (AvgIpc) is 3.16. The normalized spacial score (nSPS) is 14.8. The Morgan fingerprint density at radius 1 is 1.10 bits per heavy atom. The third-order valence-electron chi connectivity index (χ3n) is 4.53. The van der Waals surface area contributed by atoms with Gasteiger partial charge in [-0.25, -0.2) is 9.78 Å². The first kappa shape index (κ1) is 20.0. The van der Waals surface area contributed by atoms with Crippen LogP contribution in [0.3, 0.4) is 0 Å². The van der Waals surface area contributed by atoms with Crippen molar-refractivity contribution in [1.29, 1.82) is 0 Å². The summed E-state index contributed by atoms with van der Waals surface area (Å²) in [6.07, 6.45) is -4.76. The average molecular weight is 438 g/mol. The van der Waals surface area contributed by atoms with Crippen LogP contribution in [0.2, 0.25) is 0 Å². The maximum atomic E-state index is 12.5. The number of nitrogen functional groups attached to an aromatic ring is 1. The molecule has 2 amide bonds. The number of nitrogens with two attached hydrogens (primary N) is 1. The molecule has 2 aromatic heterocycles. The smallest absolute Gasteiger partial charge is 0.406 e. The van der Waals surface area contributed by atoms with Crippen molar-refractivity contribution < 1.29 is 22.7 Å². The lowest BCUT2D eigenvalue weighted by Crippen LogP contribution is -2.50. The Bertz CT molecular complexity index is 1050. The zero-order chi connectivity index (χ0) is 21.3. The molecule has 4 rings (SSSR count). The number of aromatic nitrogens is 2. The summed E-state index contributed by atoms with van der Waals surface area (Å²) >= 11 is 1.49. The number of hydrogen-bond donors (Lipinski definition) is 2. The van der Waals surface area contributed by atoms with Crippen molar-refractivity contribution in [2.24, 2.45) is 0 Å². The van der Waals surface area contributed by atoms with Crippen molar-refractivity contribution in [2.75, 3.05) is 42.1 Å². The highest BCUT2D eigenvalue weighted by Gasteiger charge is 2.31. The van der Waals surface area contributed by atoms with Crippen LogP contribution in [-0.2, 0) is 0 Å². The summed E-state index contributed by atoms with van der Waals surface area (Å²) in [6.45, 7) is 2.04. The maximum Gasteiger partial charge on any atom is 0.573 e. The van der Waals surface area contributed by atoms with E-state index in [4.69, 9.17) is 5.73 Å². The number of hydrogen-bond acceptors (Lipinski definition) is 7. The first-order valence-electron chi connectivity index (χ1n) is 8.96. The fourth-order valence-corrected chi connectivity index (χ4v) is 3.93. The van der Waals surface area contributed by atoms with Crippen molar-refractivity contribution >= 4 is 45.0 Å². The van der Waals surface area contributed by atoms with Gasteiger partial charge in [-0.3, -0.25) is 0 Å². The van der Waals surface area contributed by atoms with Gasteiger partial charge in [0.05, 0.1) is 5.39 Å². The third-order valence-corrected chi connectivity index (χ3v) is 5.33. The number of carbonyl (C=O) groups is 1. The Morgan fingerprint density at radius 3 is 2.47 bits per heavy atom. The van der Waals surface area contributed by atoms with E-state index in [9.17, 15) is 18.0 Å². The molecular weight excluding hydrogens is 421 g/mol. The van der Waals surface area contributed by atoms with Crippen molar-refractivity contribution in [3.63, 3.8) is 0 Å². The molecule has 12 heteroatoms. The first-order valence-corrected chi connectivity index (χ1v) is 9.84. The van der Waals surface area contributed by atoms with Crippen LogP contribution in [-0.4, -0.2) is 53.4 Å². The Kier molecular flexibility index (Phi) is 5.24. The fraction of sp³-hybridized carbons (Fsp3) is 0.278. The lowest BCUT2D eigenvalue weighted by molar-refractivity contribution is -0.274. The van der Waals surface area contributed by atoms with Gasteiger partial charge in [0.1, 0.15) is 16.4 Å². The van der Waals surface area contributed by atoms with Gasteiger partial charge in [0.2, 0.25) is 5.95 Å². The maximum absolute atomic E-state index is 12.5. The van der Waals surface area contributed by atoms with Crippen LogP contribution in [0.5, 0.6) is 5.75 Å². The number of fused-ring (bicyclic) bond motifs is 1. The molecule has 3 N–H and O–H groups in total. The van der Waals surface area contributed by atoms with Gasteiger partial charge in [0, 0.05) is 31.9 Å². The zero-order valence-electron chi connectivity index (χ0n) is 15.5. The number of thiophene rings is 1. The zero-order valence-corrected chi connectivity index (χ0v) is 16.3. The molecule has 1 aromatic carbocycles. The van der Waals surface area contributed by atoms with Crippen LogP contribution in [0.1, 0.15) is 0 Å². The van der Waals surface area contributed by atoms with Crippen molar-refractivity contribution in [1.82, 2.24) is 14.9 Å². The molecule has 0 saturated carbocycles. The second-order valence-corrected chi connectivity index (χ2v) is 7.42. The molecule has 0 atom stereocenters. The van der Waals surface area contributed by atoms with E-state index in [0.29, 0.717) is 31.9 Å². The van der Waals surface area contributed by atoms with Crippen LogP contribution in [0.25, 0.3) is 10.2 Å². The Balaban J connectivity index is 1.36. The topological polar surface area (TPSA) is 96.6 Å². The van der Waals surface area contributed by atoms with E-state index in [0.717, 1.165) is 28.2 Å². The SMILES string of the molecule is Nc1nc(N2CCN(C(=O)Nc3ccc(OC(F)(F)F)cc3)CC2)c2ccsc2n1. The number of alkyl halides is 3. The molecule has 1 fully saturated rings. The minimum Gasteiger partial charge on any atom is -0.406 e. The van der Waals surface area contributed by atoms with E-state index in [1.165, 1.54) is 23.5 Å². The number of ether oxygens (including phenoxy) is 1. The summed E-state index contributed by atoms with van der Waals surface area (Å²) < 4.78 is 40.5. The second-order valence-electron chi connectivity index (χ2n) is 6.52. The summed E-state index contributed by atoms with van der Waals surface area (Å²) in [5, 5.41) is 5.53. The first-order chi connectivity index (χ1) is 14.3. The van der Waals surface area contributed by atoms with E-state index in [1.807, 2.05) is 11.4 Å². The van der Waals surface area contributed by atoms with Crippen molar-refractivity contribution in [3.05, 3.63) is 35.7 Å². The van der Waals surface area contributed by atoms with Crippen LogP contribution >= 0.6 is 11.3 Å². The van der Waals surface area contributed by atoms with Gasteiger partial charge >= 0.3 is 12.4 Å². The highest BCUT2D eigenvalue weighted by molar-refractivity contribution is 7.16. The number of carbonyl (C=O) groups excluding carboxylic acids is 1. The molecule has 3 heterocycles. The van der Waals surface area contributed by atoms with E-state index in [1.54, 1.807) is 4.90 Å². The molecule has 30 heavy (non-hydrogen) atoms. The largest absolute Gasteiger partial charge is 0.573 e. The lowest BCUT2D eigenvalue weighted by Gasteiger charge is -2.35. The molecule has 3 aromatic rings. The molecule has 0 radical (unpaired) electrons. The minimum absolute atomic E-state index is 0.207. The number of piperazine rings is 1. The molecule has 0 unspecified atom stereocenters. The number of nitrogens with one attached hydrogen (secondary N) is 1. The summed E-state index contributed by atoms with van der Waals surface area (Å²) in [5.41, 5.74) is 6.18. The van der Waals surface area contributed by atoms with Gasteiger partial charge in [-0.2, -0.15) is 4.98 Å². The van der Waals surface area contributed by atoms with Gasteiger partial charge in [-0.1, -0.05) is 0 Å². The van der Waals surface area contributed by atoms with Crippen molar-refractivity contribution in [2.45, 2.75) is 6.36 Å². The summed E-state index contributed by atoms with van der Waals surface area (Å²) in [4.78, 5) is 25.6. The summed E-state index contributed by atoms with van der Waals surface area (Å²) in [6, 6.07) is 6.61. The van der Waals surface area contributed by atoms with Crippen LogP contribution in [0, 0.1) is 0 Å². The number of urea groups is 1. The van der Waals surface area contributed by atoms with Crippen molar-refractivity contribution in [3.8, 4) is 5.75 Å². The molecule has 0 bridgehead atoms. The van der Waals surface area contributed by atoms with Crippen LogP contribution in [0.4, 0.5) is 35.4 Å². The predicted molar refractivity (Wildman–Crippen MR) is 108 cm³/mol. The van der Waals surface area contributed by atoms with E-state index in [2.05, 4.69) is 24.9 Å². The molecule has 1 saturated heterocycles. The molecular formula is C18H17F3N6O2S. The Labute approximate surface area is 173 Å². The Hall–Kier alpha value is -3.28. The number of benzene rings is 1. The number of rotatable bonds is 3. The molecule has 8 nitrogen and oxygen atoms in total. The Morgan fingerprint density at radius 2 is 1.80 bits per heavy atom. The summed E-state index contributed by atoms with van der Waals surface area (Å²) in [7, 11) is 0. The highest BCUT2D eigenvalue weighted by Crippen LogP contribution is 2.29. The van der Waals surface area contributed by atoms with Crippen LogP contribution in [0.15, 0.2) is 35.7 Å². The minimum atomic E-state index is -4.76. The number of halogens is 3. The lowest BCUT2D eigenvalue weighted by atomic mass is 10.2. The van der Waals surface area contributed by atoms with Gasteiger partial charge in [-0.05, 0) is 35.7 Å². The summed E-state index contributed by atoms with van der Waals surface area (Å²) in [5.74, 6) is 0.607. The monoisotopic (exact) mass is 438 g/mol. The highest BCUT2D eigenvalue weighted by atomic mass is 32.1. The van der Waals surface area contributed by atoms with E-state index >= 15 is 0 Å². The molecule has 1 aliphatic heterocycles. The molecule has 0 spiro atoms. The molecule has 0 aliphatic carbocycles. The predicted octanol–water partition coefficient (Wildman–Crippen LogP) is 3.53. The molecule has 1 aliphatic rings. The van der Waals surface area contributed by atoms with Gasteiger partial charge in [0.25, 0.3) is 0 Å². The number of nitrogens with zero attached hydrogens (tertiary/aromatic N) is 4. The van der Waals surface area contributed by atoms with Crippen LogP contribution < -0.4 is 20.7 Å². The second kappa shape index (κ2) is 7.86.